The molecule has 4 heteroatoms. The highest BCUT2D eigenvalue weighted by molar-refractivity contribution is 5.71. The van der Waals surface area contributed by atoms with Crippen molar-refractivity contribution in [2.45, 2.75) is 26.2 Å². The Morgan fingerprint density at radius 3 is 2.38 bits per heavy atom. The van der Waals surface area contributed by atoms with E-state index < -0.39 is 0 Å². The number of ether oxygens (including phenoxy) is 1. The first kappa shape index (κ1) is 15.4. The van der Waals surface area contributed by atoms with Crippen LogP contribution < -0.4 is 0 Å². The van der Waals surface area contributed by atoms with Gasteiger partial charge in [0.1, 0.15) is 0 Å². The van der Waals surface area contributed by atoms with Crippen molar-refractivity contribution in [3.63, 3.8) is 0 Å². The second-order valence-corrected chi connectivity index (χ2v) is 4.47. The van der Waals surface area contributed by atoms with Crippen molar-refractivity contribution < 1.29 is 9.53 Å². The summed E-state index contributed by atoms with van der Waals surface area (Å²) in [4.78, 5) is 15.5. The largest absolute Gasteiger partial charge is 0.465 e. The van der Waals surface area contributed by atoms with E-state index in [4.69, 9.17) is 4.74 Å². The lowest BCUT2D eigenvalue weighted by molar-refractivity contribution is -0.144. The maximum Gasteiger partial charge on any atom is 0.320 e. The fraction of sp³-hybridized carbons (Fsp3) is 0.917. The highest BCUT2D eigenvalue weighted by Gasteiger charge is 2.07. The van der Waals surface area contributed by atoms with E-state index >= 15 is 0 Å². The van der Waals surface area contributed by atoms with Gasteiger partial charge in [-0.3, -0.25) is 9.69 Å². The van der Waals surface area contributed by atoms with Crippen LogP contribution in [0.3, 0.4) is 0 Å². The van der Waals surface area contributed by atoms with Gasteiger partial charge in [-0.1, -0.05) is 13.3 Å². The normalized spacial score (nSPS) is 11.1. The Balaban J connectivity index is 3.46. The molecule has 0 aliphatic heterocycles. The van der Waals surface area contributed by atoms with E-state index in [1.807, 2.05) is 11.9 Å². The number of carbonyl (C=O) groups excluding carboxylic acids is 1. The monoisotopic (exact) mass is 230 g/mol. The molecule has 0 fully saturated rings. The predicted octanol–water partition coefficient (Wildman–Crippen LogP) is 1.21. The van der Waals surface area contributed by atoms with Crippen molar-refractivity contribution in [1.82, 2.24) is 9.80 Å². The van der Waals surface area contributed by atoms with Crippen LogP contribution in [0, 0.1) is 0 Å². The van der Waals surface area contributed by atoms with E-state index in [0.717, 1.165) is 32.4 Å². The maximum absolute atomic E-state index is 11.4. The van der Waals surface area contributed by atoms with Crippen molar-refractivity contribution in [1.29, 1.82) is 0 Å². The number of rotatable bonds is 9. The van der Waals surface area contributed by atoms with Gasteiger partial charge in [0, 0.05) is 0 Å². The number of hydrogen-bond donors (Lipinski definition) is 0. The molecular weight excluding hydrogens is 204 g/mol. The first-order valence-electron chi connectivity index (χ1n) is 6.05. The molecule has 0 amide bonds. The van der Waals surface area contributed by atoms with Gasteiger partial charge in [-0.15, -0.1) is 0 Å². The molecule has 0 heterocycles. The minimum absolute atomic E-state index is 0.110. The molecule has 0 atom stereocenters. The van der Waals surface area contributed by atoms with Crippen LogP contribution >= 0.6 is 0 Å². The van der Waals surface area contributed by atoms with Gasteiger partial charge in [0.2, 0.25) is 0 Å². The van der Waals surface area contributed by atoms with Crippen LogP contribution in [0.1, 0.15) is 26.2 Å². The van der Waals surface area contributed by atoms with Crippen LogP contribution in [0.25, 0.3) is 0 Å². The van der Waals surface area contributed by atoms with Gasteiger partial charge in [0.15, 0.2) is 0 Å². The topological polar surface area (TPSA) is 32.8 Å². The second kappa shape index (κ2) is 9.60. The lowest BCUT2D eigenvalue weighted by Crippen LogP contribution is -2.30. The standard InChI is InChI=1S/C12H26N2O2/c1-5-6-10-16-12(15)11-14(4)9-7-8-13(2)3/h5-11H2,1-4H3. The molecular formula is C12H26N2O2. The number of esters is 1. The zero-order valence-corrected chi connectivity index (χ0v) is 11.2. The van der Waals surface area contributed by atoms with Gasteiger partial charge in [-0.05, 0) is 47.1 Å². The van der Waals surface area contributed by atoms with Crippen LogP contribution in [0.2, 0.25) is 0 Å². The summed E-state index contributed by atoms with van der Waals surface area (Å²) in [5, 5.41) is 0. The first-order valence-corrected chi connectivity index (χ1v) is 6.05. The predicted molar refractivity (Wildman–Crippen MR) is 66.5 cm³/mol. The molecule has 0 aliphatic carbocycles. The number of likely N-dealkylation sites (N-methyl/N-ethyl adjacent to an activating group) is 1. The molecule has 0 rings (SSSR count). The molecule has 0 unspecified atom stereocenters. The first-order chi connectivity index (χ1) is 7.56. The summed E-state index contributed by atoms with van der Waals surface area (Å²) >= 11 is 0. The van der Waals surface area contributed by atoms with Crippen molar-refractivity contribution in [2.24, 2.45) is 0 Å². The summed E-state index contributed by atoms with van der Waals surface area (Å²) in [6.45, 7) is 5.02. The summed E-state index contributed by atoms with van der Waals surface area (Å²) < 4.78 is 5.09. The van der Waals surface area contributed by atoms with Gasteiger partial charge in [0.25, 0.3) is 0 Å². The Kier molecular flexibility index (Phi) is 9.24. The maximum atomic E-state index is 11.4. The smallest absolute Gasteiger partial charge is 0.320 e. The Morgan fingerprint density at radius 2 is 1.81 bits per heavy atom. The van der Waals surface area contributed by atoms with E-state index in [1.165, 1.54) is 0 Å². The van der Waals surface area contributed by atoms with Gasteiger partial charge < -0.3 is 9.64 Å². The molecule has 0 radical (unpaired) electrons. The fourth-order valence-corrected chi connectivity index (χ4v) is 1.33. The number of nitrogens with zero attached hydrogens (tertiary/aromatic N) is 2. The molecule has 0 spiro atoms. The highest BCUT2D eigenvalue weighted by atomic mass is 16.5. The zero-order valence-electron chi connectivity index (χ0n) is 11.2. The lowest BCUT2D eigenvalue weighted by atomic mass is 10.3. The van der Waals surface area contributed by atoms with Crippen LogP contribution in [0.15, 0.2) is 0 Å². The molecule has 96 valence electrons. The third-order valence-electron chi connectivity index (χ3n) is 2.31. The minimum Gasteiger partial charge on any atom is -0.465 e. The summed E-state index contributed by atoms with van der Waals surface area (Å²) in [6, 6.07) is 0. The van der Waals surface area contributed by atoms with Gasteiger partial charge >= 0.3 is 5.97 Å². The third kappa shape index (κ3) is 9.93. The number of unbranched alkanes of at least 4 members (excludes halogenated alkanes) is 1. The minimum atomic E-state index is -0.110. The van der Waals surface area contributed by atoms with Crippen molar-refractivity contribution in [2.75, 3.05) is 47.4 Å². The molecule has 0 bridgehead atoms. The van der Waals surface area contributed by atoms with E-state index in [-0.39, 0.29) is 5.97 Å². The molecule has 0 saturated carbocycles. The Labute approximate surface area is 99.5 Å². The third-order valence-corrected chi connectivity index (χ3v) is 2.31. The van der Waals surface area contributed by atoms with Crippen molar-refractivity contribution in [3.8, 4) is 0 Å². The van der Waals surface area contributed by atoms with E-state index in [1.54, 1.807) is 0 Å². The summed E-state index contributed by atoms with van der Waals surface area (Å²) in [7, 11) is 6.06. The molecule has 0 aromatic heterocycles. The van der Waals surface area contributed by atoms with Crippen LogP contribution in [0.5, 0.6) is 0 Å². The second-order valence-electron chi connectivity index (χ2n) is 4.47. The molecule has 16 heavy (non-hydrogen) atoms. The summed E-state index contributed by atoms with van der Waals surface area (Å²) in [5.74, 6) is -0.110. The van der Waals surface area contributed by atoms with Crippen molar-refractivity contribution in [3.05, 3.63) is 0 Å². The van der Waals surface area contributed by atoms with Crippen LogP contribution in [-0.2, 0) is 9.53 Å². The Morgan fingerprint density at radius 1 is 1.12 bits per heavy atom. The molecule has 4 nitrogen and oxygen atoms in total. The van der Waals surface area contributed by atoms with Gasteiger partial charge in [0.05, 0.1) is 13.2 Å². The van der Waals surface area contributed by atoms with E-state index in [9.17, 15) is 4.79 Å². The fourth-order valence-electron chi connectivity index (χ4n) is 1.33. The van der Waals surface area contributed by atoms with Crippen LogP contribution in [-0.4, -0.2) is 63.2 Å². The van der Waals surface area contributed by atoms with E-state index in [0.29, 0.717) is 13.2 Å². The number of hydrogen-bond acceptors (Lipinski definition) is 4. The van der Waals surface area contributed by atoms with E-state index in [2.05, 4.69) is 25.9 Å². The SMILES string of the molecule is CCCCOC(=O)CN(C)CCCN(C)C. The quantitative estimate of drug-likeness (QED) is 0.440. The lowest BCUT2D eigenvalue weighted by Gasteiger charge is -2.17. The average molecular weight is 230 g/mol. The summed E-state index contributed by atoms with van der Waals surface area (Å²) in [6.07, 6.45) is 3.09. The summed E-state index contributed by atoms with van der Waals surface area (Å²) in [5.41, 5.74) is 0. The molecule has 0 aromatic carbocycles. The van der Waals surface area contributed by atoms with Gasteiger partial charge in [-0.25, -0.2) is 0 Å². The zero-order chi connectivity index (χ0) is 12.4. The average Bonchev–Trinajstić information content (AvgIpc) is 2.17. The van der Waals surface area contributed by atoms with Crippen LogP contribution in [0.4, 0.5) is 0 Å². The molecule has 0 N–H and O–H groups in total. The Bertz CT molecular complexity index is 184. The van der Waals surface area contributed by atoms with Gasteiger partial charge in [-0.2, -0.15) is 0 Å². The Hall–Kier alpha value is -0.610. The highest BCUT2D eigenvalue weighted by Crippen LogP contribution is 1.93. The molecule has 0 aromatic rings. The molecule has 0 aliphatic rings. The van der Waals surface area contributed by atoms with Crippen molar-refractivity contribution >= 4 is 5.97 Å². The number of carbonyl (C=O) groups is 1. The molecule has 0 saturated heterocycles.